The Morgan fingerprint density at radius 3 is 2.71 bits per heavy atom. The molecule has 6 nitrogen and oxygen atoms in total. The van der Waals surface area contributed by atoms with E-state index in [9.17, 15) is 18.8 Å². The summed E-state index contributed by atoms with van der Waals surface area (Å²) in [6, 6.07) is 10.8. The van der Waals surface area contributed by atoms with Crippen molar-refractivity contribution < 1.29 is 14.0 Å². The normalized spacial score (nSPS) is 13.3. The van der Waals surface area contributed by atoms with E-state index in [-0.39, 0.29) is 17.4 Å². The molecule has 1 aromatic heterocycles. The van der Waals surface area contributed by atoms with Gasteiger partial charge in [0.05, 0.1) is 5.56 Å². The van der Waals surface area contributed by atoms with Gasteiger partial charge in [0.1, 0.15) is 5.82 Å². The van der Waals surface area contributed by atoms with Gasteiger partial charge >= 0.3 is 0 Å². The van der Waals surface area contributed by atoms with Gasteiger partial charge in [-0.15, -0.1) is 0 Å². The van der Waals surface area contributed by atoms with Crippen molar-refractivity contribution in [2.75, 3.05) is 11.9 Å². The third kappa shape index (κ3) is 3.38. The quantitative estimate of drug-likeness (QED) is 0.718. The summed E-state index contributed by atoms with van der Waals surface area (Å²) in [6.45, 7) is 2.28. The highest BCUT2D eigenvalue weighted by molar-refractivity contribution is 6.06. The predicted octanol–water partition coefficient (Wildman–Crippen LogP) is 2.82. The number of pyridine rings is 1. The van der Waals surface area contributed by atoms with E-state index in [1.807, 2.05) is 18.2 Å². The van der Waals surface area contributed by atoms with Crippen LogP contribution in [0.25, 0.3) is 10.9 Å². The van der Waals surface area contributed by atoms with Crippen LogP contribution in [0, 0.1) is 5.82 Å². The van der Waals surface area contributed by atoms with Gasteiger partial charge in [-0.25, -0.2) is 4.39 Å². The molecule has 0 fully saturated rings. The Hall–Kier alpha value is -3.48. The number of amides is 2. The monoisotopic (exact) mass is 379 g/mol. The maximum absolute atomic E-state index is 13.7. The molecular formula is C21H18FN3O3. The molecule has 0 bridgehead atoms. The van der Waals surface area contributed by atoms with Gasteiger partial charge in [0.2, 0.25) is 11.5 Å². The van der Waals surface area contributed by atoms with Gasteiger partial charge in [-0.3, -0.25) is 14.4 Å². The lowest BCUT2D eigenvalue weighted by atomic mass is 9.98. The molecule has 28 heavy (non-hydrogen) atoms. The van der Waals surface area contributed by atoms with Gasteiger partial charge in [0.15, 0.2) is 0 Å². The molecule has 0 unspecified atom stereocenters. The van der Waals surface area contributed by atoms with Gasteiger partial charge in [0.25, 0.3) is 5.91 Å². The summed E-state index contributed by atoms with van der Waals surface area (Å²) in [5, 5.41) is 3.12. The minimum Gasteiger partial charge on any atom is -0.334 e. The fraction of sp³-hybridized carbons (Fsp3) is 0.190. The number of fused-ring (bicyclic) bond motifs is 2. The Kier molecular flexibility index (Phi) is 4.43. The number of rotatable bonds is 2. The number of nitrogens with one attached hydrogen (secondary N) is 2. The Bertz CT molecular complexity index is 1170. The predicted molar refractivity (Wildman–Crippen MR) is 104 cm³/mol. The number of aromatic nitrogens is 1. The molecule has 0 radical (unpaired) electrons. The standard InChI is InChI=1S/C21H18FN3O3/c1-12(26)23-16-4-2-13-6-7-25(11-14(13)8-16)21(28)18-10-20(27)24-19-5-3-15(22)9-17(18)19/h2-5,8-10H,6-7,11H2,1H3,(H,23,26)(H,24,27). The van der Waals surface area contributed by atoms with E-state index >= 15 is 0 Å². The number of hydrogen-bond donors (Lipinski definition) is 2. The highest BCUT2D eigenvalue weighted by Gasteiger charge is 2.24. The van der Waals surface area contributed by atoms with Crippen molar-refractivity contribution in [3.05, 3.63) is 75.3 Å². The van der Waals surface area contributed by atoms with Gasteiger partial charge in [-0.2, -0.15) is 0 Å². The number of anilines is 1. The molecule has 7 heteroatoms. The average molecular weight is 379 g/mol. The molecule has 2 heterocycles. The molecule has 0 atom stereocenters. The fourth-order valence-corrected chi connectivity index (χ4v) is 3.58. The van der Waals surface area contributed by atoms with Gasteiger partial charge < -0.3 is 15.2 Å². The lowest BCUT2D eigenvalue weighted by Gasteiger charge is -2.29. The van der Waals surface area contributed by atoms with Crippen LogP contribution in [0.3, 0.4) is 0 Å². The van der Waals surface area contributed by atoms with Crippen LogP contribution in [0.2, 0.25) is 0 Å². The molecule has 0 saturated carbocycles. The van der Waals surface area contributed by atoms with Crippen molar-refractivity contribution in [3.8, 4) is 0 Å². The van der Waals surface area contributed by atoms with Crippen LogP contribution in [0.4, 0.5) is 10.1 Å². The SMILES string of the molecule is CC(=O)Nc1ccc2c(c1)CN(C(=O)c1cc(=O)[nH]c3ccc(F)cc13)CC2. The Morgan fingerprint density at radius 2 is 1.93 bits per heavy atom. The van der Waals surface area contributed by atoms with E-state index in [0.29, 0.717) is 36.1 Å². The topological polar surface area (TPSA) is 82.3 Å². The largest absolute Gasteiger partial charge is 0.334 e. The van der Waals surface area contributed by atoms with E-state index in [1.165, 1.54) is 31.2 Å². The van der Waals surface area contributed by atoms with Crippen molar-refractivity contribution in [3.63, 3.8) is 0 Å². The second-order valence-electron chi connectivity index (χ2n) is 6.88. The van der Waals surface area contributed by atoms with E-state index in [0.717, 1.165) is 11.1 Å². The number of benzene rings is 2. The number of carbonyl (C=O) groups excluding carboxylic acids is 2. The van der Waals surface area contributed by atoms with Crippen LogP contribution in [0.1, 0.15) is 28.4 Å². The highest BCUT2D eigenvalue weighted by Crippen LogP contribution is 2.25. The number of H-pyrrole nitrogens is 1. The molecule has 0 spiro atoms. The summed E-state index contributed by atoms with van der Waals surface area (Å²) in [7, 11) is 0. The van der Waals surface area contributed by atoms with Crippen molar-refractivity contribution in [1.82, 2.24) is 9.88 Å². The molecule has 3 aromatic rings. The molecule has 1 aliphatic heterocycles. The Labute approximate surface area is 160 Å². The van der Waals surface area contributed by atoms with Crippen molar-refractivity contribution >= 4 is 28.4 Å². The van der Waals surface area contributed by atoms with Crippen LogP contribution in [0.5, 0.6) is 0 Å². The number of nitrogens with zero attached hydrogens (tertiary/aromatic N) is 1. The first-order valence-corrected chi connectivity index (χ1v) is 8.92. The third-order valence-corrected chi connectivity index (χ3v) is 4.86. The van der Waals surface area contributed by atoms with E-state index in [2.05, 4.69) is 10.3 Å². The smallest absolute Gasteiger partial charge is 0.255 e. The van der Waals surface area contributed by atoms with Crippen LogP contribution in [-0.4, -0.2) is 28.2 Å². The zero-order valence-electron chi connectivity index (χ0n) is 15.2. The Morgan fingerprint density at radius 1 is 1.11 bits per heavy atom. The van der Waals surface area contributed by atoms with Crippen molar-refractivity contribution in [2.24, 2.45) is 0 Å². The third-order valence-electron chi connectivity index (χ3n) is 4.86. The van der Waals surface area contributed by atoms with E-state index in [1.54, 1.807) is 4.90 Å². The minimum atomic E-state index is -0.475. The second kappa shape index (κ2) is 6.92. The fourth-order valence-electron chi connectivity index (χ4n) is 3.58. The molecule has 2 amide bonds. The van der Waals surface area contributed by atoms with Crippen molar-refractivity contribution in [1.29, 1.82) is 0 Å². The highest BCUT2D eigenvalue weighted by atomic mass is 19.1. The summed E-state index contributed by atoms with van der Waals surface area (Å²) < 4.78 is 13.7. The molecule has 0 aliphatic carbocycles. The lowest BCUT2D eigenvalue weighted by molar-refractivity contribution is -0.114. The minimum absolute atomic E-state index is 0.166. The number of carbonyl (C=O) groups is 2. The second-order valence-corrected chi connectivity index (χ2v) is 6.88. The van der Waals surface area contributed by atoms with Gasteiger partial charge in [0, 0.05) is 42.7 Å². The molecule has 4 rings (SSSR count). The van der Waals surface area contributed by atoms with Crippen LogP contribution >= 0.6 is 0 Å². The number of aromatic amines is 1. The molecule has 2 N–H and O–H groups in total. The molecule has 1 aliphatic rings. The summed E-state index contributed by atoms with van der Waals surface area (Å²) in [5.41, 5.74) is 2.91. The van der Waals surface area contributed by atoms with Gasteiger partial charge in [-0.1, -0.05) is 6.07 Å². The van der Waals surface area contributed by atoms with Crippen LogP contribution in [-0.2, 0) is 17.8 Å². The zero-order valence-corrected chi connectivity index (χ0v) is 15.2. The number of halogens is 1. The molecule has 0 saturated heterocycles. The maximum atomic E-state index is 13.7. The lowest BCUT2D eigenvalue weighted by Crippen LogP contribution is -2.36. The average Bonchev–Trinajstić information content (AvgIpc) is 2.66. The van der Waals surface area contributed by atoms with E-state index in [4.69, 9.17) is 0 Å². The summed E-state index contributed by atoms with van der Waals surface area (Å²) in [6.07, 6.45) is 0.664. The summed E-state index contributed by atoms with van der Waals surface area (Å²) in [4.78, 5) is 40.6. The first-order valence-electron chi connectivity index (χ1n) is 8.92. The van der Waals surface area contributed by atoms with Crippen LogP contribution < -0.4 is 10.9 Å². The molecule has 2 aromatic carbocycles. The first kappa shape index (κ1) is 17.9. The molecule has 142 valence electrons. The Balaban J connectivity index is 1.69. The molecular weight excluding hydrogens is 361 g/mol. The maximum Gasteiger partial charge on any atom is 0.255 e. The summed E-state index contributed by atoms with van der Waals surface area (Å²) in [5.74, 6) is -0.962. The first-order chi connectivity index (χ1) is 13.4. The van der Waals surface area contributed by atoms with E-state index < -0.39 is 11.4 Å². The number of hydrogen-bond acceptors (Lipinski definition) is 3. The van der Waals surface area contributed by atoms with Crippen molar-refractivity contribution in [2.45, 2.75) is 19.9 Å². The summed E-state index contributed by atoms with van der Waals surface area (Å²) >= 11 is 0. The van der Waals surface area contributed by atoms with Crippen LogP contribution in [0.15, 0.2) is 47.3 Å². The zero-order chi connectivity index (χ0) is 19.8. The van der Waals surface area contributed by atoms with Gasteiger partial charge in [-0.05, 0) is 47.9 Å².